The minimum Gasteiger partial charge on any atom is -0.495 e. The van der Waals surface area contributed by atoms with Gasteiger partial charge in [-0.1, -0.05) is 12.8 Å². The SMILES string of the molecule is COc1ccc(N2CCCS2(=O)=O)cc1NS(=O)(=O)NC1CCCC1. The third kappa shape index (κ3) is 4.18. The van der Waals surface area contributed by atoms with Crippen molar-refractivity contribution in [3.05, 3.63) is 18.2 Å². The molecule has 1 aromatic rings. The molecular formula is C15H23N3O5S2. The monoisotopic (exact) mass is 389 g/mol. The molecule has 0 aromatic heterocycles. The van der Waals surface area contributed by atoms with Crippen LogP contribution in [0.5, 0.6) is 5.75 Å². The topological polar surface area (TPSA) is 105 Å². The van der Waals surface area contributed by atoms with Gasteiger partial charge in [0.2, 0.25) is 10.0 Å². The van der Waals surface area contributed by atoms with Gasteiger partial charge in [0, 0.05) is 12.6 Å². The summed E-state index contributed by atoms with van der Waals surface area (Å²) in [6.07, 6.45) is 4.23. The number of hydrogen-bond donors (Lipinski definition) is 2. The Labute approximate surface area is 148 Å². The molecule has 8 nitrogen and oxygen atoms in total. The summed E-state index contributed by atoms with van der Waals surface area (Å²) in [6.45, 7) is 0.390. The van der Waals surface area contributed by atoms with Crippen molar-refractivity contribution in [3.8, 4) is 5.75 Å². The molecule has 25 heavy (non-hydrogen) atoms. The maximum Gasteiger partial charge on any atom is 0.299 e. The minimum absolute atomic E-state index is 0.0642. The highest BCUT2D eigenvalue weighted by Gasteiger charge is 2.29. The van der Waals surface area contributed by atoms with E-state index in [1.54, 1.807) is 12.1 Å². The number of ether oxygens (including phenoxy) is 1. The summed E-state index contributed by atoms with van der Waals surface area (Å²) in [7, 11) is -5.67. The molecule has 0 spiro atoms. The van der Waals surface area contributed by atoms with Crippen LogP contribution >= 0.6 is 0 Å². The molecule has 1 aliphatic heterocycles. The van der Waals surface area contributed by atoms with Crippen molar-refractivity contribution in [1.29, 1.82) is 0 Å². The van der Waals surface area contributed by atoms with Crippen LogP contribution in [0.25, 0.3) is 0 Å². The molecule has 10 heteroatoms. The molecule has 2 aliphatic rings. The lowest BCUT2D eigenvalue weighted by Crippen LogP contribution is -2.37. The van der Waals surface area contributed by atoms with Gasteiger partial charge in [-0.25, -0.2) is 8.42 Å². The van der Waals surface area contributed by atoms with Crippen molar-refractivity contribution in [2.75, 3.05) is 28.4 Å². The van der Waals surface area contributed by atoms with E-state index in [2.05, 4.69) is 9.44 Å². The smallest absolute Gasteiger partial charge is 0.299 e. The van der Waals surface area contributed by atoms with E-state index in [9.17, 15) is 16.8 Å². The summed E-state index contributed by atoms with van der Waals surface area (Å²) in [6, 6.07) is 4.61. The number of anilines is 2. The van der Waals surface area contributed by atoms with Gasteiger partial charge < -0.3 is 4.74 Å². The van der Waals surface area contributed by atoms with Gasteiger partial charge in [0.15, 0.2) is 0 Å². The highest BCUT2D eigenvalue weighted by atomic mass is 32.2. The largest absolute Gasteiger partial charge is 0.495 e. The Hall–Kier alpha value is -1.52. The molecule has 0 bridgehead atoms. The van der Waals surface area contributed by atoms with Crippen molar-refractivity contribution in [3.63, 3.8) is 0 Å². The van der Waals surface area contributed by atoms with E-state index in [1.165, 1.54) is 17.5 Å². The Balaban J connectivity index is 1.85. The number of nitrogens with zero attached hydrogens (tertiary/aromatic N) is 1. The van der Waals surface area contributed by atoms with Gasteiger partial charge in [-0.05, 0) is 37.5 Å². The number of sulfonamides is 1. The quantitative estimate of drug-likeness (QED) is 0.766. The molecular weight excluding hydrogens is 366 g/mol. The van der Waals surface area contributed by atoms with Crippen LogP contribution in [0, 0.1) is 0 Å². The predicted molar refractivity (Wildman–Crippen MR) is 96.7 cm³/mol. The second kappa shape index (κ2) is 7.00. The Morgan fingerprint density at radius 2 is 1.92 bits per heavy atom. The molecule has 0 unspecified atom stereocenters. The van der Waals surface area contributed by atoms with Crippen molar-refractivity contribution >= 4 is 31.6 Å². The summed E-state index contributed by atoms with van der Waals surface area (Å²) in [5, 5.41) is 0. The predicted octanol–water partition coefficient (Wildman–Crippen LogP) is 1.42. The Morgan fingerprint density at radius 1 is 1.20 bits per heavy atom. The standard InChI is InChI=1S/C15H23N3O5S2/c1-23-15-8-7-13(18-9-4-10-24(18,19)20)11-14(15)17-25(21,22)16-12-5-2-3-6-12/h7-8,11-12,16-17H,2-6,9-10H2,1H3. The summed E-state index contributed by atoms with van der Waals surface area (Å²) >= 11 is 0. The molecule has 140 valence electrons. The van der Waals surface area contributed by atoms with Gasteiger partial charge in [-0.15, -0.1) is 0 Å². The second-order valence-corrected chi connectivity index (χ2v) is 9.79. The first-order chi connectivity index (χ1) is 11.8. The van der Waals surface area contributed by atoms with E-state index in [0.717, 1.165) is 25.7 Å². The lowest BCUT2D eigenvalue weighted by Gasteiger charge is -2.20. The summed E-state index contributed by atoms with van der Waals surface area (Å²) in [5.41, 5.74) is 0.643. The number of methoxy groups -OCH3 is 1. The summed E-state index contributed by atoms with van der Waals surface area (Å²) in [5.74, 6) is 0.431. The van der Waals surface area contributed by atoms with Gasteiger partial charge >= 0.3 is 0 Å². The van der Waals surface area contributed by atoms with Gasteiger partial charge in [0.1, 0.15) is 5.75 Å². The van der Waals surface area contributed by atoms with Crippen molar-refractivity contribution in [2.24, 2.45) is 0 Å². The fourth-order valence-corrected chi connectivity index (χ4v) is 6.04. The van der Waals surface area contributed by atoms with E-state index in [-0.39, 0.29) is 17.5 Å². The van der Waals surface area contributed by atoms with Crippen LogP contribution in [0.15, 0.2) is 18.2 Å². The average Bonchev–Trinajstić information content (AvgIpc) is 3.15. The Bertz CT molecular complexity index is 833. The van der Waals surface area contributed by atoms with Crippen LogP contribution in [0.3, 0.4) is 0 Å². The minimum atomic E-state index is -3.77. The lowest BCUT2D eigenvalue weighted by molar-refractivity contribution is 0.417. The van der Waals surface area contributed by atoms with Crippen molar-refractivity contribution < 1.29 is 21.6 Å². The van der Waals surface area contributed by atoms with Crippen LogP contribution in [0.4, 0.5) is 11.4 Å². The normalized spacial score (nSPS) is 20.8. The maximum atomic E-state index is 12.4. The van der Waals surface area contributed by atoms with E-state index in [1.807, 2.05) is 0 Å². The molecule has 1 heterocycles. The average molecular weight is 389 g/mol. The van der Waals surface area contributed by atoms with Gasteiger partial charge in [0.05, 0.1) is 24.2 Å². The third-order valence-corrected chi connectivity index (χ3v) is 7.49. The zero-order chi connectivity index (χ0) is 18.1. The van der Waals surface area contributed by atoms with Crippen LogP contribution in [0.1, 0.15) is 32.1 Å². The van der Waals surface area contributed by atoms with Crippen molar-refractivity contribution in [1.82, 2.24) is 4.72 Å². The van der Waals surface area contributed by atoms with Crippen LogP contribution in [-0.4, -0.2) is 42.3 Å². The third-order valence-electron chi connectivity index (χ3n) is 4.49. The summed E-state index contributed by atoms with van der Waals surface area (Å²) < 4.78 is 60.5. The number of rotatable bonds is 6. The van der Waals surface area contributed by atoms with Crippen molar-refractivity contribution in [2.45, 2.75) is 38.1 Å². The molecule has 1 saturated heterocycles. The zero-order valence-corrected chi connectivity index (χ0v) is 15.7. The first-order valence-electron chi connectivity index (χ1n) is 8.29. The Morgan fingerprint density at radius 3 is 2.52 bits per heavy atom. The van der Waals surface area contributed by atoms with Gasteiger partial charge in [0.25, 0.3) is 10.2 Å². The van der Waals surface area contributed by atoms with Gasteiger partial charge in [-0.3, -0.25) is 9.03 Å². The molecule has 0 radical (unpaired) electrons. The first-order valence-corrected chi connectivity index (χ1v) is 11.4. The highest BCUT2D eigenvalue weighted by Crippen LogP contribution is 2.33. The van der Waals surface area contributed by atoms with Crippen LogP contribution in [0.2, 0.25) is 0 Å². The van der Waals surface area contributed by atoms with Crippen LogP contribution in [-0.2, 0) is 20.2 Å². The van der Waals surface area contributed by atoms with E-state index in [4.69, 9.17) is 4.74 Å². The molecule has 0 atom stereocenters. The second-order valence-electron chi connectivity index (χ2n) is 6.33. The molecule has 2 fully saturated rings. The number of nitrogens with one attached hydrogen (secondary N) is 2. The molecule has 1 aromatic carbocycles. The highest BCUT2D eigenvalue weighted by molar-refractivity contribution is 7.93. The molecule has 1 saturated carbocycles. The molecule has 0 amide bonds. The first kappa shape index (κ1) is 18.3. The number of benzene rings is 1. The zero-order valence-electron chi connectivity index (χ0n) is 14.1. The molecule has 1 aliphatic carbocycles. The lowest BCUT2D eigenvalue weighted by atomic mass is 10.2. The maximum absolute atomic E-state index is 12.4. The Kier molecular flexibility index (Phi) is 5.12. The van der Waals surface area contributed by atoms with E-state index < -0.39 is 20.2 Å². The van der Waals surface area contributed by atoms with Gasteiger partial charge in [-0.2, -0.15) is 13.1 Å². The fourth-order valence-electron chi connectivity index (χ4n) is 3.30. The van der Waals surface area contributed by atoms with E-state index >= 15 is 0 Å². The fraction of sp³-hybridized carbons (Fsp3) is 0.600. The number of hydrogen-bond acceptors (Lipinski definition) is 5. The molecule has 2 N–H and O–H groups in total. The molecule has 3 rings (SSSR count). The van der Waals surface area contributed by atoms with E-state index in [0.29, 0.717) is 24.4 Å². The van der Waals surface area contributed by atoms with Crippen LogP contribution < -0.4 is 18.5 Å². The summed E-state index contributed by atoms with van der Waals surface area (Å²) in [4.78, 5) is 0.